The predicted octanol–water partition coefficient (Wildman–Crippen LogP) is 0.758. The van der Waals surface area contributed by atoms with E-state index in [1.807, 2.05) is 0 Å². The Bertz CT molecular complexity index is 375. The molecule has 0 radical (unpaired) electrons. The van der Waals surface area contributed by atoms with Crippen molar-refractivity contribution in [3.05, 3.63) is 0 Å². The van der Waals surface area contributed by atoms with Crippen LogP contribution in [-0.4, -0.2) is 70.5 Å². The molecule has 1 aliphatic rings. The first-order valence-electron chi connectivity index (χ1n) is 6.13. The number of amides is 2. The van der Waals surface area contributed by atoms with Gasteiger partial charge in [0.1, 0.15) is 6.54 Å². The molecule has 1 aliphatic heterocycles. The fraction of sp³-hybridized carbons (Fsp3) is 0.818. The molecule has 2 N–H and O–H groups in total. The van der Waals surface area contributed by atoms with Crippen LogP contribution in [0.15, 0.2) is 0 Å². The molecule has 6 nitrogen and oxygen atoms in total. The van der Waals surface area contributed by atoms with Crippen LogP contribution in [0.2, 0.25) is 0 Å². The minimum Gasteiger partial charge on any atom is -0.481 e. The second-order valence-electron chi connectivity index (χ2n) is 4.71. The van der Waals surface area contributed by atoms with Crippen LogP contribution >= 0.6 is 0 Å². The number of carbonyl (C=O) groups excluding carboxylic acids is 1. The molecule has 2 unspecified atom stereocenters. The predicted molar refractivity (Wildman–Crippen MR) is 62.0 cm³/mol. The monoisotopic (exact) mass is 298 g/mol. The second kappa shape index (κ2) is 6.29. The summed E-state index contributed by atoms with van der Waals surface area (Å²) in [5.74, 6) is -1.85. The van der Waals surface area contributed by atoms with Crippen molar-refractivity contribution in [2.75, 3.05) is 26.2 Å². The molecule has 9 heteroatoms. The van der Waals surface area contributed by atoms with Crippen molar-refractivity contribution in [2.24, 2.45) is 5.92 Å². The normalized spacial score (nSPS) is 22.9. The third-order valence-electron chi connectivity index (χ3n) is 3.33. The van der Waals surface area contributed by atoms with Crippen LogP contribution in [0, 0.1) is 5.92 Å². The number of likely N-dealkylation sites (tertiary alicyclic amines) is 1. The smallest absolute Gasteiger partial charge is 0.406 e. The van der Waals surface area contributed by atoms with Crippen molar-refractivity contribution < 1.29 is 33.0 Å². The highest BCUT2D eigenvalue weighted by Gasteiger charge is 2.41. The van der Waals surface area contributed by atoms with Crippen LogP contribution in [0.25, 0.3) is 0 Å². The Morgan fingerprint density at radius 3 is 2.40 bits per heavy atom. The lowest BCUT2D eigenvalue weighted by Gasteiger charge is -2.31. The maximum absolute atomic E-state index is 12.4. The molecule has 1 rings (SSSR count). The number of hydrogen-bond acceptors (Lipinski definition) is 3. The van der Waals surface area contributed by atoms with Gasteiger partial charge in [0.25, 0.3) is 0 Å². The summed E-state index contributed by atoms with van der Waals surface area (Å²) in [6.45, 7) is -0.912. The highest BCUT2D eigenvalue weighted by molar-refractivity contribution is 5.78. The van der Waals surface area contributed by atoms with Crippen LogP contribution in [0.5, 0.6) is 0 Å². The molecular weight excluding hydrogens is 281 g/mol. The van der Waals surface area contributed by atoms with Gasteiger partial charge in [0.15, 0.2) is 0 Å². The number of aliphatic hydroxyl groups excluding tert-OH is 1. The third-order valence-corrected chi connectivity index (χ3v) is 3.33. The molecule has 2 atom stereocenters. The van der Waals surface area contributed by atoms with Gasteiger partial charge in [0, 0.05) is 19.1 Å². The third kappa shape index (κ3) is 3.99. The van der Waals surface area contributed by atoms with Crippen LogP contribution < -0.4 is 0 Å². The molecule has 0 aromatic heterocycles. The molecule has 1 saturated heterocycles. The van der Waals surface area contributed by atoms with E-state index in [4.69, 9.17) is 10.2 Å². The summed E-state index contributed by atoms with van der Waals surface area (Å²) < 4.78 is 37.2. The summed E-state index contributed by atoms with van der Waals surface area (Å²) >= 11 is 0. The van der Waals surface area contributed by atoms with E-state index in [0.29, 0.717) is 4.90 Å². The van der Waals surface area contributed by atoms with E-state index in [-0.39, 0.29) is 13.0 Å². The summed E-state index contributed by atoms with van der Waals surface area (Å²) in [5.41, 5.74) is 0. The number of rotatable bonds is 4. The van der Waals surface area contributed by atoms with E-state index in [1.165, 1.54) is 6.92 Å². The van der Waals surface area contributed by atoms with Crippen molar-refractivity contribution in [1.29, 1.82) is 0 Å². The van der Waals surface area contributed by atoms with Crippen molar-refractivity contribution in [1.82, 2.24) is 9.80 Å². The van der Waals surface area contributed by atoms with Gasteiger partial charge in [-0.05, 0) is 13.3 Å². The maximum Gasteiger partial charge on any atom is 0.406 e. The van der Waals surface area contributed by atoms with Gasteiger partial charge in [0.05, 0.1) is 12.5 Å². The fourth-order valence-electron chi connectivity index (χ4n) is 2.30. The average Bonchev–Trinajstić information content (AvgIpc) is 2.68. The zero-order valence-electron chi connectivity index (χ0n) is 10.9. The minimum absolute atomic E-state index is 0.0940. The number of aliphatic hydroxyl groups is 1. The van der Waals surface area contributed by atoms with Crippen molar-refractivity contribution in [3.8, 4) is 0 Å². The molecule has 1 fully saturated rings. The Hall–Kier alpha value is -1.51. The number of carboxylic acids is 1. The molecule has 0 aromatic rings. The number of carboxylic acid groups (broad SMARTS) is 1. The van der Waals surface area contributed by atoms with E-state index in [9.17, 15) is 22.8 Å². The molecule has 1 heterocycles. The molecule has 20 heavy (non-hydrogen) atoms. The number of halogens is 3. The first-order valence-corrected chi connectivity index (χ1v) is 6.13. The van der Waals surface area contributed by atoms with Crippen LogP contribution in [0.1, 0.15) is 13.3 Å². The molecule has 0 spiro atoms. The lowest BCUT2D eigenvalue weighted by atomic mass is 10.0. The Kier molecular flexibility index (Phi) is 5.21. The highest BCUT2D eigenvalue weighted by Crippen LogP contribution is 2.26. The fourth-order valence-corrected chi connectivity index (χ4v) is 2.30. The highest BCUT2D eigenvalue weighted by atomic mass is 19.4. The Balaban J connectivity index is 2.78. The number of aliphatic carboxylic acids is 1. The summed E-state index contributed by atoms with van der Waals surface area (Å²) in [5, 5.41) is 17.7. The molecule has 0 saturated carbocycles. The quantitative estimate of drug-likeness (QED) is 0.803. The molecule has 0 aromatic carbocycles. The number of alkyl halides is 3. The zero-order chi connectivity index (χ0) is 15.5. The summed E-state index contributed by atoms with van der Waals surface area (Å²) in [6.07, 6.45) is -4.36. The van der Waals surface area contributed by atoms with Crippen LogP contribution in [0.4, 0.5) is 18.0 Å². The summed E-state index contributed by atoms with van der Waals surface area (Å²) in [7, 11) is 0. The number of nitrogens with zero attached hydrogens (tertiary/aromatic N) is 2. The van der Waals surface area contributed by atoms with E-state index in [1.54, 1.807) is 0 Å². The van der Waals surface area contributed by atoms with Crippen molar-refractivity contribution in [3.63, 3.8) is 0 Å². The summed E-state index contributed by atoms with van der Waals surface area (Å²) in [4.78, 5) is 24.6. The number of carbonyl (C=O) groups is 2. The molecular formula is C11H17F3N2O4. The van der Waals surface area contributed by atoms with Gasteiger partial charge in [-0.3, -0.25) is 4.79 Å². The van der Waals surface area contributed by atoms with Gasteiger partial charge in [0.2, 0.25) is 0 Å². The number of urea groups is 1. The Morgan fingerprint density at radius 2 is 2.00 bits per heavy atom. The minimum atomic E-state index is -4.57. The molecule has 116 valence electrons. The first kappa shape index (κ1) is 16.5. The second-order valence-corrected chi connectivity index (χ2v) is 4.71. The Morgan fingerprint density at radius 1 is 1.40 bits per heavy atom. The van der Waals surface area contributed by atoms with Gasteiger partial charge in [-0.15, -0.1) is 0 Å². The zero-order valence-corrected chi connectivity index (χ0v) is 10.9. The topological polar surface area (TPSA) is 81.1 Å². The van der Waals surface area contributed by atoms with Crippen molar-refractivity contribution in [2.45, 2.75) is 25.6 Å². The standard InChI is InChI=1S/C11H17F3N2O4/c1-7-8(9(18)19)2-3-16(7)10(20)15(4-5-17)6-11(12,13)14/h7-8,17H,2-6H2,1H3,(H,18,19). The molecule has 0 aliphatic carbocycles. The molecule has 0 bridgehead atoms. The summed E-state index contributed by atoms with van der Waals surface area (Å²) in [6, 6.07) is -1.57. The van der Waals surface area contributed by atoms with Gasteiger partial charge >= 0.3 is 18.2 Å². The van der Waals surface area contributed by atoms with E-state index >= 15 is 0 Å². The van der Waals surface area contributed by atoms with Crippen LogP contribution in [-0.2, 0) is 4.79 Å². The maximum atomic E-state index is 12.4. The van der Waals surface area contributed by atoms with Gasteiger partial charge in [-0.25, -0.2) is 4.79 Å². The lowest BCUT2D eigenvalue weighted by molar-refractivity contribution is -0.144. The largest absolute Gasteiger partial charge is 0.481 e. The Labute approximate surface area is 113 Å². The lowest BCUT2D eigenvalue weighted by Crippen LogP contribution is -2.50. The average molecular weight is 298 g/mol. The van der Waals surface area contributed by atoms with E-state index < -0.39 is 49.8 Å². The SMILES string of the molecule is CC1C(C(=O)O)CCN1C(=O)N(CCO)CC(F)(F)F. The van der Waals surface area contributed by atoms with Gasteiger partial charge in [-0.2, -0.15) is 13.2 Å². The van der Waals surface area contributed by atoms with E-state index in [2.05, 4.69) is 0 Å². The van der Waals surface area contributed by atoms with Gasteiger partial charge < -0.3 is 20.0 Å². The van der Waals surface area contributed by atoms with Gasteiger partial charge in [-0.1, -0.05) is 0 Å². The van der Waals surface area contributed by atoms with Crippen molar-refractivity contribution >= 4 is 12.0 Å². The van der Waals surface area contributed by atoms with Crippen LogP contribution in [0.3, 0.4) is 0 Å². The molecule has 2 amide bonds. The first-order chi connectivity index (χ1) is 9.17. The van der Waals surface area contributed by atoms with E-state index in [0.717, 1.165) is 4.90 Å². The number of hydrogen-bond donors (Lipinski definition) is 2.